The summed E-state index contributed by atoms with van der Waals surface area (Å²) >= 11 is 0. The summed E-state index contributed by atoms with van der Waals surface area (Å²) in [5.41, 5.74) is 1.58. The Morgan fingerprint density at radius 2 is 1.70 bits per heavy atom. The zero-order chi connectivity index (χ0) is 19.4. The molecule has 1 aliphatic rings. The molecule has 0 radical (unpaired) electrons. The number of rotatable bonds is 6. The molecule has 7 nitrogen and oxygen atoms in total. The van der Waals surface area contributed by atoms with Crippen LogP contribution in [0.2, 0.25) is 0 Å². The monoisotopic (exact) mass is 369 g/mol. The molecule has 0 aliphatic carbocycles. The van der Waals surface area contributed by atoms with Crippen molar-refractivity contribution in [2.24, 2.45) is 0 Å². The first kappa shape index (κ1) is 18.4. The van der Waals surface area contributed by atoms with E-state index in [0.29, 0.717) is 17.1 Å². The van der Waals surface area contributed by atoms with Gasteiger partial charge in [0.1, 0.15) is 0 Å². The van der Waals surface area contributed by atoms with Crippen LogP contribution in [0.15, 0.2) is 42.5 Å². The quantitative estimate of drug-likeness (QED) is 0.622. The molecule has 27 heavy (non-hydrogen) atoms. The third-order valence-corrected chi connectivity index (χ3v) is 4.10. The van der Waals surface area contributed by atoms with Crippen LogP contribution in [0, 0.1) is 0 Å². The molecule has 1 aliphatic heterocycles. The molecule has 1 heterocycles. The van der Waals surface area contributed by atoms with Crippen LogP contribution in [-0.2, 0) is 9.53 Å². The lowest BCUT2D eigenvalue weighted by atomic mass is 10.0. The molecule has 0 fully saturated rings. The lowest BCUT2D eigenvalue weighted by molar-refractivity contribution is -0.119. The second kappa shape index (κ2) is 7.90. The van der Waals surface area contributed by atoms with Gasteiger partial charge in [0, 0.05) is 12.5 Å². The van der Waals surface area contributed by atoms with Crippen LogP contribution in [0.1, 0.15) is 46.2 Å². The van der Waals surface area contributed by atoms with Crippen molar-refractivity contribution in [1.82, 2.24) is 5.32 Å². The van der Waals surface area contributed by atoms with Gasteiger partial charge in [-0.05, 0) is 30.7 Å². The number of benzene rings is 2. The van der Waals surface area contributed by atoms with Gasteiger partial charge in [0.15, 0.2) is 23.9 Å². The minimum Gasteiger partial charge on any atom is -0.454 e. The molecule has 0 aromatic heterocycles. The van der Waals surface area contributed by atoms with E-state index in [1.54, 1.807) is 36.4 Å². The second-order valence-corrected chi connectivity index (χ2v) is 6.11. The highest BCUT2D eigenvalue weighted by Gasteiger charge is 2.18. The van der Waals surface area contributed by atoms with Crippen molar-refractivity contribution in [3.63, 3.8) is 0 Å². The van der Waals surface area contributed by atoms with E-state index in [-0.39, 0.29) is 36.7 Å². The number of carbonyl (C=O) groups excluding carboxylic acids is 3. The largest absolute Gasteiger partial charge is 0.454 e. The van der Waals surface area contributed by atoms with E-state index < -0.39 is 5.97 Å². The smallest absolute Gasteiger partial charge is 0.338 e. The van der Waals surface area contributed by atoms with Gasteiger partial charge in [-0.25, -0.2) is 4.79 Å². The number of nitrogens with one attached hydrogen (secondary N) is 1. The van der Waals surface area contributed by atoms with Gasteiger partial charge in [-0.1, -0.05) is 24.3 Å². The number of fused-ring (bicyclic) bond motifs is 1. The second-order valence-electron chi connectivity index (χ2n) is 6.11. The number of ketones is 1. The highest BCUT2D eigenvalue weighted by molar-refractivity contribution is 5.99. The van der Waals surface area contributed by atoms with Crippen LogP contribution >= 0.6 is 0 Å². The van der Waals surface area contributed by atoms with Crippen LogP contribution in [0.3, 0.4) is 0 Å². The van der Waals surface area contributed by atoms with E-state index in [2.05, 4.69) is 5.32 Å². The Labute approximate surface area is 156 Å². The van der Waals surface area contributed by atoms with Gasteiger partial charge in [0.25, 0.3) is 0 Å². The van der Waals surface area contributed by atoms with Gasteiger partial charge in [0.2, 0.25) is 12.7 Å². The summed E-state index contributed by atoms with van der Waals surface area (Å²) in [5, 5.41) is 2.77. The lowest BCUT2D eigenvalue weighted by Crippen LogP contribution is -2.23. The minimum absolute atomic E-state index is 0.114. The normalized spacial score (nSPS) is 13.0. The molecule has 2 aromatic rings. The van der Waals surface area contributed by atoms with Crippen LogP contribution in [0.25, 0.3) is 0 Å². The Kier molecular flexibility index (Phi) is 5.40. The highest BCUT2D eigenvalue weighted by Crippen LogP contribution is 2.32. The van der Waals surface area contributed by atoms with Crippen molar-refractivity contribution in [3.05, 3.63) is 59.2 Å². The fourth-order valence-corrected chi connectivity index (χ4v) is 2.67. The number of amides is 1. The summed E-state index contributed by atoms with van der Waals surface area (Å²) in [6.07, 6.45) is 0. The van der Waals surface area contributed by atoms with E-state index in [9.17, 15) is 14.4 Å². The molecule has 7 heteroatoms. The Bertz CT molecular complexity index is 875. The number of carbonyl (C=O) groups is 3. The maximum absolute atomic E-state index is 12.2. The summed E-state index contributed by atoms with van der Waals surface area (Å²) in [6.45, 7) is 3.05. The molecular weight excluding hydrogens is 350 g/mol. The summed E-state index contributed by atoms with van der Waals surface area (Å²) in [4.78, 5) is 35.5. The van der Waals surface area contributed by atoms with E-state index >= 15 is 0 Å². The first-order chi connectivity index (χ1) is 12.9. The van der Waals surface area contributed by atoms with Crippen LogP contribution in [0.5, 0.6) is 11.5 Å². The molecule has 0 spiro atoms. The maximum atomic E-state index is 12.2. The molecule has 3 rings (SSSR count). The SMILES string of the molecule is CC(=O)N[C@H](C)c1ccc(C(=O)COC(=O)c2ccc3c(c2)OCO3)cc1. The molecule has 140 valence electrons. The number of esters is 1. The predicted molar refractivity (Wildman–Crippen MR) is 95.9 cm³/mol. The Morgan fingerprint density at radius 3 is 2.41 bits per heavy atom. The van der Waals surface area contributed by atoms with Gasteiger partial charge >= 0.3 is 5.97 Å². The fourth-order valence-electron chi connectivity index (χ4n) is 2.67. The van der Waals surface area contributed by atoms with Gasteiger partial charge in [-0.15, -0.1) is 0 Å². The first-order valence-electron chi connectivity index (χ1n) is 8.41. The van der Waals surface area contributed by atoms with Gasteiger partial charge < -0.3 is 19.5 Å². The summed E-state index contributed by atoms with van der Waals surface area (Å²) in [7, 11) is 0. The molecule has 0 bridgehead atoms. The predicted octanol–water partition coefficient (Wildman–Crippen LogP) is 2.65. The van der Waals surface area contributed by atoms with Crippen LogP contribution in [0.4, 0.5) is 0 Å². The number of Topliss-reactive ketones (excluding diaryl/α,β-unsaturated/α-hetero) is 1. The molecule has 1 N–H and O–H groups in total. The molecular formula is C20H19NO6. The first-order valence-corrected chi connectivity index (χ1v) is 8.41. The van der Waals surface area contributed by atoms with Crippen molar-refractivity contribution in [1.29, 1.82) is 0 Å². The van der Waals surface area contributed by atoms with Crippen molar-refractivity contribution < 1.29 is 28.6 Å². The number of hydrogen-bond acceptors (Lipinski definition) is 6. The summed E-state index contributed by atoms with van der Waals surface area (Å²) < 4.78 is 15.5. The average molecular weight is 369 g/mol. The van der Waals surface area contributed by atoms with E-state index in [4.69, 9.17) is 14.2 Å². The number of hydrogen-bond donors (Lipinski definition) is 1. The van der Waals surface area contributed by atoms with Crippen molar-refractivity contribution >= 4 is 17.7 Å². The van der Waals surface area contributed by atoms with Crippen molar-refractivity contribution in [2.45, 2.75) is 19.9 Å². The van der Waals surface area contributed by atoms with Gasteiger partial charge in [-0.3, -0.25) is 9.59 Å². The van der Waals surface area contributed by atoms with Gasteiger partial charge in [-0.2, -0.15) is 0 Å². The van der Waals surface area contributed by atoms with E-state index in [1.165, 1.54) is 13.0 Å². The molecule has 1 amide bonds. The Balaban J connectivity index is 1.57. The molecule has 0 unspecified atom stereocenters. The fraction of sp³-hybridized carbons (Fsp3) is 0.250. The third kappa shape index (κ3) is 4.44. The average Bonchev–Trinajstić information content (AvgIpc) is 3.13. The van der Waals surface area contributed by atoms with Crippen molar-refractivity contribution in [2.75, 3.05) is 13.4 Å². The summed E-state index contributed by atoms with van der Waals surface area (Å²) in [5.74, 6) is -0.0191. The Hall–Kier alpha value is -3.35. The van der Waals surface area contributed by atoms with Crippen LogP contribution in [-0.4, -0.2) is 31.1 Å². The van der Waals surface area contributed by atoms with Crippen LogP contribution < -0.4 is 14.8 Å². The zero-order valence-electron chi connectivity index (χ0n) is 15.0. The zero-order valence-corrected chi connectivity index (χ0v) is 15.0. The lowest BCUT2D eigenvalue weighted by Gasteiger charge is -2.13. The number of ether oxygens (including phenoxy) is 3. The van der Waals surface area contributed by atoms with E-state index in [1.807, 2.05) is 6.92 Å². The molecule has 1 atom stereocenters. The van der Waals surface area contributed by atoms with E-state index in [0.717, 1.165) is 5.56 Å². The van der Waals surface area contributed by atoms with Crippen molar-refractivity contribution in [3.8, 4) is 11.5 Å². The third-order valence-electron chi connectivity index (χ3n) is 4.10. The molecule has 2 aromatic carbocycles. The molecule has 0 saturated heterocycles. The standard InChI is InChI=1S/C20H19NO6/c1-12(21-13(2)22)14-3-5-15(6-4-14)17(23)10-25-20(24)16-7-8-18-19(9-16)27-11-26-18/h3-9,12H,10-11H2,1-2H3,(H,21,22)/t12-/m1/s1. The molecule has 0 saturated carbocycles. The maximum Gasteiger partial charge on any atom is 0.338 e. The summed E-state index contributed by atoms with van der Waals surface area (Å²) in [6, 6.07) is 11.3. The van der Waals surface area contributed by atoms with Gasteiger partial charge in [0.05, 0.1) is 11.6 Å². The minimum atomic E-state index is -0.613. The topological polar surface area (TPSA) is 90.9 Å². The highest BCUT2D eigenvalue weighted by atomic mass is 16.7. The Morgan fingerprint density at radius 1 is 1.04 bits per heavy atom.